The molecule has 6 heteroatoms. The van der Waals surface area contributed by atoms with Crippen LogP contribution in [0, 0.1) is 3.57 Å². The second kappa shape index (κ2) is 5.60. The van der Waals surface area contributed by atoms with E-state index in [1.54, 1.807) is 7.05 Å². The van der Waals surface area contributed by atoms with Gasteiger partial charge in [-0.1, -0.05) is 6.07 Å². The first-order valence-corrected chi connectivity index (χ1v) is 6.71. The van der Waals surface area contributed by atoms with Gasteiger partial charge in [0, 0.05) is 23.7 Å². The van der Waals surface area contributed by atoms with E-state index in [9.17, 15) is 9.59 Å². The minimum Gasteiger partial charge on any atom is -0.487 e. The highest BCUT2D eigenvalue weighted by Gasteiger charge is 2.06. The smallest absolute Gasteiger partial charge is 0.330 e. The molecule has 0 radical (unpaired) electrons. The minimum absolute atomic E-state index is 0.182. The first kappa shape index (κ1) is 13.9. The molecule has 0 amide bonds. The van der Waals surface area contributed by atoms with E-state index in [-0.39, 0.29) is 17.9 Å². The number of benzene rings is 1. The lowest BCUT2D eigenvalue weighted by atomic mass is 10.3. The average Bonchev–Trinajstić information content (AvgIpc) is 2.39. The van der Waals surface area contributed by atoms with Gasteiger partial charge in [0.25, 0.3) is 5.56 Å². The highest BCUT2D eigenvalue weighted by Crippen LogP contribution is 2.15. The summed E-state index contributed by atoms with van der Waals surface area (Å²) in [6.07, 6.45) is 0. The quantitative estimate of drug-likeness (QED) is 0.763. The van der Waals surface area contributed by atoms with E-state index in [4.69, 9.17) is 4.74 Å². The number of ether oxygens (including phenoxy) is 1. The first-order chi connectivity index (χ1) is 8.99. The Morgan fingerprint density at radius 1 is 1.16 bits per heavy atom. The fraction of sp³-hybridized carbons (Fsp3) is 0.231. The molecular weight excluding hydrogens is 359 g/mol. The number of halogens is 1. The van der Waals surface area contributed by atoms with Crippen molar-refractivity contribution in [3.63, 3.8) is 0 Å². The number of hydrogen-bond donors (Lipinski definition) is 0. The van der Waals surface area contributed by atoms with Crippen molar-refractivity contribution in [2.24, 2.45) is 14.1 Å². The van der Waals surface area contributed by atoms with Crippen molar-refractivity contribution in [3.8, 4) is 5.75 Å². The lowest BCUT2D eigenvalue weighted by Gasteiger charge is -2.11. The van der Waals surface area contributed by atoms with Crippen LogP contribution in [0.1, 0.15) is 5.69 Å². The molecule has 0 fully saturated rings. The van der Waals surface area contributed by atoms with Crippen LogP contribution in [0.2, 0.25) is 0 Å². The van der Waals surface area contributed by atoms with E-state index in [1.807, 2.05) is 24.3 Å². The van der Waals surface area contributed by atoms with Crippen molar-refractivity contribution in [2.75, 3.05) is 0 Å². The molecule has 0 saturated carbocycles. The van der Waals surface area contributed by atoms with Crippen molar-refractivity contribution in [1.82, 2.24) is 9.13 Å². The fourth-order valence-corrected chi connectivity index (χ4v) is 2.15. The van der Waals surface area contributed by atoms with Crippen molar-refractivity contribution < 1.29 is 4.74 Å². The summed E-state index contributed by atoms with van der Waals surface area (Å²) < 4.78 is 9.13. The highest BCUT2D eigenvalue weighted by atomic mass is 127. The average molecular weight is 372 g/mol. The van der Waals surface area contributed by atoms with Gasteiger partial charge in [-0.05, 0) is 40.8 Å². The predicted molar refractivity (Wildman–Crippen MR) is 80.4 cm³/mol. The SMILES string of the molecule is Cn1c(COc2cccc(I)c2)cc(=O)n(C)c1=O. The number of rotatable bonds is 3. The van der Waals surface area contributed by atoms with Gasteiger partial charge in [0.2, 0.25) is 0 Å². The molecule has 1 aromatic carbocycles. The van der Waals surface area contributed by atoms with E-state index >= 15 is 0 Å². The Morgan fingerprint density at radius 3 is 2.58 bits per heavy atom. The molecule has 5 nitrogen and oxygen atoms in total. The van der Waals surface area contributed by atoms with Crippen LogP contribution in [0.3, 0.4) is 0 Å². The molecule has 0 atom stereocenters. The maximum absolute atomic E-state index is 11.7. The van der Waals surface area contributed by atoms with E-state index in [0.717, 1.165) is 8.14 Å². The molecule has 0 aliphatic heterocycles. The van der Waals surface area contributed by atoms with Crippen molar-refractivity contribution >= 4 is 22.6 Å². The summed E-state index contributed by atoms with van der Waals surface area (Å²) in [6, 6.07) is 8.98. The van der Waals surface area contributed by atoms with Crippen LogP contribution in [0.5, 0.6) is 5.75 Å². The summed E-state index contributed by atoms with van der Waals surface area (Å²) in [5, 5.41) is 0. The molecule has 2 rings (SSSR count). The molecule has 0 aliphatic rings. The van der Waals surface area contributed by atoms with Gasteiger partial charge >= 0.3 is 5.69 Å². The molecule has 0 N–H and O–H groups in total. The van der Waals surface area contributed by atoms with Crippen LogP contribution < -0.4 is 16.0 Å². The monoisotopic (exact) mass is 372 g/mol. The molecule has 0 aliphatic carbocycles. The van der Waals surface area contributed by atoms with Gasteiger partial charge in [-0.25, -0.2) is 4.79 Å². The molecule has 1 heterocycles. The Kier molecular flexibility index (Phi) is 4.08. The third-order valence-electron chi connectivity index (χ3n) is 2.81. The predicted octanol–water partition coefficient (Wildman–Crippen LogP) is 1.27. The van der Waals surface area contributed by atoms with Crippen LogP contribution in [-0.4, -0.2) is 9.13 Å². The number of nitrogens with zero attached hydrogens (tertiary/aromatic N) is 2. The van der Waals surface area contributed by atoms with Gasteiger partial charge in [-0.15, -0.1) is 0 Å². The van der Waals surface area contributed by atoms with Crippen molar-refractivity contribution in [1.29, 1.82) is 0 Å². The summed E-state index contributed by atoms with van der Waals surface area (Å²) in [4.78, 5) is 23.3. The third kappa shape index (κ3) is 3.06. The van der Waals surface area contributed by atoms with Crippen LogP contribution in [-0.2, 0) is 20.7 Å². The Bertz CT molecular complexity index is 719. The largest absolute Gasteiger partial charge is 0.487 e. The minimum atomic E-state index is -0.353. The number of aromatic nitrogens is 2. The van der Waals surface area contributed by atoms with E-state index < -0.39 is 0 Å². The molecule has 0 bridgehead atoms. The lowest BCUT2D eigenvalue weighted by Crippen LogP contribution is -2.38. The lowest BCUT2D eigenvalue weighted by molar-refractivity contribution is 0.293. The summed E-state index contributed by atoms with van der Waals surface area (Å²) in [5.74, 6) is 0.708. The topological polar surface area (TPSA) is 53.2 Å². The molecule has 2 aromatic rings. The zero-order valence-corrected chi connectivity index (χ0v) is 12.7. The van der Waals surface area contributed by atoms with Gasteiger partial charge in [-0.3, -0.25) is 13.9 Å². The van der Waals surface area contributed by atoms with Gasteiger partial charge in [-0.2, -0.15) is 0 Å². The van der Waals surface area contributed by atoms with Crippen LogP contribution >= 0.6 is 22.6 Å². The molecule has 0 unspecified atom stereocenters. The van der Waals surface area contributed by atoms with Gasteiger partial charge < -0.3 is 4.74 Å². The summed E-state index contributed by atoms with van der Waals surface area (Å²) >= 11 is 2.19. The second-order valence-electron chi connectivity index (χ2n) is 4.12. The zero-order valence-electron chi connectivity index (χ0n) is 10.6. The highest BCUT2D eigenvalue weighted by molar-refractivity contribution is 14.1. The van der Waals surface area contributed by atoms with E-state index in [0.29, 0.717) is 11.4 Å². The van der Waals surface area contributed by atoms with E-state index in [1.165, 1.54) is 17.7 Å². The van der Waals surface area contributed by atoms with Gasteiger partial charge in [0.1, 0.15) is 12.4 Å². The Labute approximate surface area is 123 Å². The van der Waals surface area contributed by atoms with Crippen LogP contribution in [0.25, 0.3) is 0 Å². The molecular formula is C13H13IN2O3. The van der Waals surface area contributed by atoms with Crippen LogP contribution in [0.4, 0.5) is 0 Å². The summed E-state index contributed by atoms with van der Waals surface area (Å²) in [7, 11) is 3.07. The molecule has 100 valence electrons. The van der Waals surface area contributed by atoms with Gasteiger partial charge in [0.15, 0.2) is 0 Å². The first-order valence-electron chi connectivity index (χ1n) is 5.63. The maximum atomic E-state index is 11.7. The second-order valence-corrected chi connectivity index (χ2v) is 5.37. The standard InChI is InChI=1S/C13H13IN2O3/c1-15-10(7-12(17)16(2)13(15)18)8-19-11-5-3-4-9(14)6-11/h3-7H,8H2,1-2H3. The summed E-state index contributed by atoms with van der Waals surface area (Å²) in [6.45, 7) is 0.182. The maximum Gasteiger partial charge on any atom is 0.330 e. The van der Waals surface area contributed by atoms with Crippen molar-refractivity contribution in [2.45, 2.75) is 6.61 Å². The number of hydrogen-bond acceptors (Lipinski definition) is 3. The Balaban J connectivity index is 2.26. The van der Waals surface area contributed by atoms with E-state index in [2.05, 4.69) is 22.6 Å². The fourth-order valence-electron chi connectivity index (χ4n) is 1.63. The Hall–Kier alpha value is -1.57. The molecule has 0 spiro atoms. The van der Waals surface area contributed by atoms with Gasteiger partial charge in [0.05, 0.1) is 5.69 Å². The third-order valence-corrected chi connectivity index (χ3v) is 3.48. The Morgan fingerprint density at radius 2 is 1.89 bits per heavy atom. The van der Waals surface area contributed by atoms with Crippen molar-refractivity contribution in [3.05, 3.63) is 60.4 Å². The molecule has 19 heavy (non-hydrogen) atoms. The zero-order chi connectivity index (χ0) is 14.0. The molecule has 0 saturated heterocycles. The normalized spacial score (nSPS) is 10.5. The summed E-state index contributed by atoms with van der Waals surface area (Å²) in [5.41, 5.74) is -0.134. The molecule has 1 aromatic heterocycles. The van der Waals surface area contributed by atoms with Crippen LogP contribution in [0.15, 0.2) is 39.9 Å².